The summed E-state index contributed by atoms with van der Waals surface area (Å²) in [7, 11) is 0. The van der Waals surface area contributed by atoms with Crippen LogP contribution in [0.3, 0.4) is 0 Å². The van der Waals surface area contributed by atoms with Crippen molar-refractivity contribution in [2.75, 3.05) is 5.75 Å². The van der Waals surface area contributed by atoms with Crippen LogP contribution in [0, 0.1) is 0 Å². The quantitative estimate of drug-likeness (QED) is 0.252. The third-order valence-corrected chi connectivity index (χ3v) is 8.05. The van der Waals surface area contributed by atoms with Crippen LogP contribution in [-0.2, 0) is 28.3 Å². The summed E-state index contributed by atoms with van der Waals surface area (Å²) in [6, 6.07) is 19.6. The SMILES string of the molecule is CC(C)(C)NC(=O)[C@H](Cc1ccccc1)N(Cc1ccc(Cl)c(Cl)c1)C(=O)CSCc1ccc(Cl)c(Cl)c1. The Bertz CT molecular complexity index is 1270. The van der Waals surface area contributed by atoms with Crippen LogP contribution < -0.4 is 5.32 Å². The second kappa shape index (κ2) is 14.0. The molecule has 0 heterocycles. The molecule has 0 fully saturated rings. The molecule has 1 N–H and O–H groups in total. The fraction of sp³-hybridized carbons (Fsp3) is 0.310. The van der Waals surface area contributed by atoms with Gasteiger partial charge in [-0.05, 0) is 61.7 Å². The van der Waals surface area contributed by atoms with Gasteiger partial charge in [-0.2, -0.15) is 0 Å². The molecule has 0 saturated heterocycles. The van der Waals surface area contributed by atoms with Gasteiger partial charge in [0.25, 0.3) is 0 Å². The lowest BCUT2D eigenvalue weighted by atomic mass is 10.0. The molecule has 202 valence electrons. The van der Waals surface area contributed by atoms with Crippen LogP contribution in [0.4, 0.5) is 0 Å². The fourth-order valence-electron chi connectivity index (χ4n) is 3.81. The second-order valence-electron chi connectivity index (χ2n) is 9.96. The fourth-order valence-corrected chi connectivity index (χ4v) is 5.31. The molecular weight excluding hydrogens is 582 g/mol. The van der Waals surface area contributed by atoms with Gasteiger partial charge in [-0.15, -0.1) is 11.8 Å². The summed E-state index contributed by atoms with van der Waals surface area (Å²) in [5, 5.41) is 4.84. The number of amides is 2. The van der Waals surface area contributed by atoms with E-state index in [2.05, 4.69) is 5.32 Å². The van der Waals surface area contributed by atoms with Crippen LogP contribution in [-0.4, -0.2) is 34.0 Å². The van der Waals surface area contributed by atoms with E-state index in [0.29, 0.717) is 32.3 Å². The van der Waals surface area contributed by atoms with Gasteiger partial charge >= 0.3 is 0 Å². The highest BCUT2D eigenvalue weighted by Crippen LogP contribution is 2.27. The third kappa shape index (κ3) is 9.39. The summed E-state index contributed by atoms with van der Waals surface area (Å²) >= 11 is 26.0. The molecule has 3 rings (SSSR count). The molecule has 1 atom stereocenters. The first-order chi connectivity index (χ1) is 17.9. The first kappa shape index (κ1) is 30.6. The number of hydrogen-bond acceptors (Lipinski definition) is 3. The van der Waals surface area contributed by atoms with E-state index in [0.717, 1.165) is 16.7 Å². The van der Waals surface area contributed by atoms with Crippen molar-refractivity contribution < 1.29 is 9.59 Å². The maximum Gasteiger partial charge on any atom is 0.243 e. The van der Waals surface area contributed by atoms with Gasteiger partial charge in [-0.3, -0.25) is 9.59 Å². The zero-order chi connectivity index (χ0) is 27.9. The highest BCUT2D eigenvalue weighted by Gasteiger charge is 2.32. The van der Waals surface area contributed by atoms with E-state index in [-0.39, 0.29) is 24.1 Å². The minimum absolute atomic E-state index is 0.161. The molecule has 4 nitrogen and oxygen atoms in total. The lowest BCUT2D eigenvalue weighted by molar-refractivity contribution is -0.140. The molecule has 3 aromatic carbocycles. The molecule has 0 aromatic heterocycles. The van der Waals surface area contributed by atoms with Crippen molar-refractivity contribution in [2.24, 2.45) is 0 Å². The van der Waals surface area contributed by atoms with E-state index in [9.17, 15) is 9.59 Å². The largest absolute Gasteiger partial charge is 0.350 e. The number of carbonyl (C=O) groups excluding carboxylic acids is 2. The Labute approximate surface area is 249 Å². The molecule has 38 heavy (non-hydrogen) atoms. The summed E-state index contributed by atoms with van der Waals surface area (Å²) in [6.07, 6.45) is 0.368. The average molecular weight is 612 g/mol. The molecule has 2 amide bonds. The molecule has 0 unspecified atom stereocenters. The van der Waals surface area contributed by atoms with E-state index in [1.54, 1.807) is 29.2 Å². The van der Waals surface area contributed by atoms with Crippen molar-refractivity contribution in [2.45, 2.75) is 51.1 Å². The molecule has 0 bridgehead atoms. The molecular formula is C29H30Cl4N2O2S. The second-order valence-corrected chi connectivity index (χ2v) is 12.6. The Morgan fingerprint density at radius 3 is 1.97 bits per heavy atom. The van der Waals surface area contributed by atoms with Gasteiger partial charge in [0.2, 0.25) is 11.8 Å². The highest BCUT2D eigenvalue weighted by molar-refractivity contribution is 7.99. The molecule has 0 saturated carbocycles. The number of halogens is 4. The van der Waals surface area contributed by atoms with Crippen molar-refractivity contribution in [1.29, 1.82) is 0 Å². The van der Waals surface area contributed by atoms with E-state index in [1.807, 2.05) is 63.2 Å². The normalized spacial score (nSPS) is 12.2. The summed E-state index contributed by atoms with van der Waals surface area (Å²) in [5.41, 5.74) is 2.23. The zero-order valence-electron chi connectivity index (χ0n) is 21.4. The Kier molecular flexibility index (Phi) is 11.3. The smallest absolute Gasteiger partial charge is 0.243 e. The molecule has 0 radical (unpaired) electrons. The van der Waals surface area contributed by atoms with Crippen LogP contribution in [0.5, 0.6) is 0 Å². The van der Waals surface area contributed by atoms with Crippen molar-refractivity contribution >= 4 is 70.0 Å². The molecule has 0 aliphatic rings. The van der Waals surface area contributed by atoms with Gasteiger partial charge in [-0.1, -0.05) is 88.9 Å². The summed E-state index contributed by atoms with van der Waals surface area (Å²) in [4.78, 5) is 29.0. The van der Waals surface area contributed by atoms with Gasteiger partial charge in [0.05, 0.1) is 25.8 Å². The van der Waals surface area contributed by atoms with Crippen molar-refractivity contribution in [3.8, 4) is 0 Å². The minimum Gasteiger partial charge on any atom is -0.350 e. The van der Waals surface area contributed by atoms with Crippen molar-refractivity contribution in [1.82, 2.24) is 10.2 Å². The van der Waals surface area contributed by atoms with Gasteiger partial charge < -0.3 is 10.2 Å². The van der Waals surface area contributed by atoms with Crippen LogP contribution in [0.1, 0.15) is 37.5 Å². The van der Waals surface area contributed by atoms with Crippen molar-refractivity contribution in [3.05, 3.63) is 104 Å². The van der Waals surface area contributed by atoms with Gasteiger partial charge in [0.15, 0.2) is 0 Å². The number of thioether (sulfide) groups is 1. The van der Waals surface area contributed by atoms with Crippen LogP contribution in [0.25, 0.3) is 0 Å². The van der Waals surface area contributed by atoms with Gasteiger partial charge in [-0.25, -0.2) is 0 Å². The lowest BCUT2D eigenvalue weighted by Crippen LogP contribution is -2.54. The molecule has 3 aromatic rings. The molecule has 0 aliphatic carbocycles. The number of hydrogen-bond donors (Lipinski definition) is 1. The number of nitrogens with zero attached hydrogens (tertiary/aromatic N) is 1. The van der Waals surface area contributed by atoms with E-state index < -0.39 is 11.6 Å². The molecule has 0 aliphatic heterocycles. The number of nitrogens with one attached hydrogen (secondary N) is 1. The van der Waals surface area contributed by atoms with Crippen LogP contribution in [0.2, 0.25) is 20.1 Å². The van der Waals surface area contributed by atoms with Gasteiger partial charge in [0, 0.05) is 24.3 Å². The van der Waals surface area contributed by atoms with E-state index in [4.69, 9.17) is 46.4 Å². The summed E-state index contributed by atoms with van der Waals surface area (Å²) in [5.74, 6) is 0.367. The maximum absolute atomic E-state index is 13.7. The van der Waals surface area contributed by atoms with Crippen LogP contribution in [0.15, 0.2) is 66.7 Å². The third-order valence-electron chi connectivity index (χ3n) is 5.58. The van der Waals surface area contributed by atoms with E-state index in [1.165, 1.54) is 11.8 Å². The first-order valence-electron chi connectivity index (χ1n) is 12.0. The molecule has 9 heteroatoms. The van der Waals surface area contributed by atoms with E-state index >= 15 is 0 Å². The Balaban J connectivity index is 1.89. The summed E-state index contributed by atoms with van der Waals surface area (Å²) < 4.78 is 0. The topological polar surface area (TPSA) is 49.4 Å². The monoisotopic (exact) mass is 610 g/mol. The first-order valence-corrected chi connectivity index (χ1v) is 14.7. The average Bonchev–Trinajstić information content (AvgIpc) is 2.85. The van der Waals surface area contributed by atoms with Crippen molar-refractivity contribution in [3.63, 3.8) is 0 Å². The maximum atomic E-state index is 13.7. The zero-order valence-corrected chi connectivity index (χ0v) is 25.3. The minimum atomic E-state index is -0.732. The Hall–Kier alpha value is -1.89. The van der Waals surface area contributed by atoms with Crippen LogP contribution >= 0.6 is 58.2 Å². The molecule has 0 spiro atoms. The van der Waals surface area contributed by atoms with Gasteiger partial charge in [0.1, 0.15) is 6.04 Å². The number of benzene rings is 3. The summed E-state index contributed by atoms with van der Waals surface area (Å²) in [6.45, 7) is 5.96. The lowest BCUT2D eigenvalue weighted by Gasteiger charge is -2.34. The Morgan fingerprint density at radius 2 is 1.39 bits per heavy atom. The highest BCUT2D eigenvalue weighted by atomic mass is 35.5. The number of rotatable bonds is 10. The predicted octanol–water partition coefficient (Wildman–Crippen LogP) is 8.09. The number of carbonyl (C=O) groups is 2. The Morgan fingerprint density at radius 1 is 0.816 bits per heavy atom. The predicted molar refractivity (Wildman–Crippen MR) is 161 cm³/mol. The standard InChI is InChI=1S/C29H30Cl4N2O2S/c1-29(2,3)34-28(37)26(15-19-7-5-4-6-8-19)35(16-20-9-11-22(30)24(32)13-20)27(36)18-38-17-21-10-12-23(31)25(33)14-21/h4-14,26H,15-18H2,1-3H3,(H,34,37)/t26-/m0/s1.